The Bertz CT molecular complexity index is 319. The van der Waals surface area contributed by atoms with Crippen molar-refractivity contribution < 1.29 is 19.4 Å². The monoisotopic (exact) mass is 287 g/mol. The van der Waals surface area contributed by atoms with Gasteiger partial charge in [0.15, 0.2) is 0 Å². The van der Waals surface area contributed by atoms with Gasteiger partial charge in [-0.2, -0.15) is 0 Å². The molecule has 0 aromatic carbocycles. The number of carboxylic acid groups (broad SMARTS) is 1. The molecule has 1 aliphatic rings. The first-order valence-corrected chi connectivity index (χ1v) is 6.96. The molecule has 7 heteroatoms. The van der Waals surface area contributed by atoms with Crippen LogP contribution in [0.2, 0.25) is 0 Å². The van der Waals surface area contributed by atoms with Gasteiger partial charge in [0, 0.05) is 19.6 Å². The number of carbonyl (C=O) groups excluding carboxylic acids is 1. The van der Waals surface area contributed by atoms with Crippen molar-refractivity contribution in [3.63, 3.8) is 0 Å². The van der Waals surface area contributed by atoms with Gasteiger partial charge >= 0.3 is 12.0 Å². The first kappa shape index (κ1) is 16.7. The summed E-state index contributed by atoms with van der Waals surface area (Å²) in [4.78, 5) is 26.0. The summed E-state index contributed by atoms with van der Waals surface area (Å²) in [7, 11) is 3.93. The van der Waals surface area contributed by atoms with Crippen LogP contribution in [0, 0.1) is 5.92 Å². The zero-order valence-corrected chi connectivity index (χ0v) is 12.3. The van der Waals surface area contributed by atoms with Gasteiger partial charge in [-0.1, -0.05) is 0 Å². The largest absolute Gasteiger partial charge is 0.480 e. The lowest BCUT2D eigenvalue weighted by Crippen LogP contribution is -2.44. The fourth-order valence-corrected chi connectivity index (χ4v) is 1.69. The van der Waals surface area contributed by atoms with Gasteiger partial charge in [0.1, 0.15) is 6.54 Å². The molecule has 116 valence electrons. The summed E-state index contributed by atoms with van der Waals surface area (Å²) in [6.45, 7) is 2.56. The predicted octanol–water partition coefficient (Wildman–Crippen LogP) is 0.0708. The van der Waals surface area contributed by atoms with Crippen molar-refractivity contribution in [1.29, 1.82) is 0 Å². The Hall–Kier alpha value is -1.34. The van der Waals surface area contributed by atoms with Gasteiger partial charge in [0.05, 0.1) is 13.2 Å². The molecule has 1 saturated carbocycles. The predicted molar refractivity (Wildman–Crippen MR) is 74.7 cm³/mol. The summed E-state index contributed by atoms with van der Waals surface area (Å²) in [6, 6.07) is -0.324. The van der Waals surface area contributed by atoms with Crippen molar-refractivity contribution in [2.45, 2.75) is 12.8 Å². The van der Waals surface area contributed by atoms with Gasteiger partial charge in [-0.15, -0.1) is 0 Å². The van der Waals surface area contributed by atoms with E-state index < -0.39 is 5.97 Å². The lowest BCUT2D eigenvalue weighted by molar-refractivity contribution is -0.137. The first-order chi connectivity index (χ1) is 9.49. The van der Waals surface area contributed by atoms with Crippen LogP contribution in [0.4, 0.5) is 4.79 Å². The van der Waals surface area contributed by atoms with E-state index in [1.807, 2.05) is 19.0 Å². The van der Waals surface area contributed by atoms with Crippen molar-refractivity contribution >= 4 is 12.0 Å². The van der Waals surface area contributed by atoms with Gasteiger partial charge in [-0.3, -0.25) is 4.79 Å². The standard InChI is InChI=1S/C13H25N3O4/c1-15(2)6-8-20-7-5-14-13(19)16(10-12(17)18)9-11-3-4-11/h11H,3-10H2,1-2H3,(H,14,19)(H,17,18). The molecule has 0 aliphatic heterocycles. The molecule has 0 heterocycles. The van der Waals surface area contributed by atoms with E-state index in [0.29, 0.717) is 32.2 Å². The SMILES string of the molecule is CN(C)CCOCCNC(=O)N(CC(=O)O)CC1CC1. The van der Waals surface area contributed by atoms with Crippen LogP contribution in [0.15, 0.2) is 0 Å². The number of rotatable bonds is 10. The van der Waals surface area contributed by atoms with E-state index in [1.54, 1.807) is 0 Å². The first-order valence-electron chi connectivity index (χ1n) is 6.96. The topological polar surface area (TPSA) is 82.1 Å². The Morgan fingerprint density at radius 1 is 1.30 bits per heavy atom. The van der Waals surface area contributed by atoms with Crippen molar-refractivity contribution in [2.24, 2.45) is 5.92 Å². The zero-order chi connectivity index (χ0) is 15.0. The number of carbonyl (C=O) groups is 2. The van der Waals surface area contributed by atoms with Crippen LogP contribution >= 0.6 is 0 Å². The number of likely N-dealkylation sites (N-methyl/N-ethyl adjacent to an activating group) is 1. The number of urea groups is 1. The third-order valence-electron chi connectivity index (χ3n) is 2.99. The normalized spacial score (nSPS) is 14.3. The number of aliphatic carboxylic acids is 1. The summed E-state index contributed by atoms with van der Waals surface area (Å²) >= 11 is 0. The molecule has 1 aliphatic carbocycles. The van der Waals surface area contributed by atoms with E-state index >= 15 is 0 Å². The summed E-state index contributed by atoms with van der Waals surface area (Å²) in [5, 5.41) is 11.5. The molecule has 0 radical (unpaired) electrons. The van der Waals surface area contributed by atoms with Crippen LogP contribution in [0.1, 0.15) is 12.8 Å². The van der Waals surface area contributed by atoms with Crippen LogP contribution in [0.5, 0.6) is 0 Å². The second kappa shape index (κ2) is 8.76. The Labute approximate surface area is 119 Å². The molecular formula is C13H25N3O4. The minimum absolute atomic E-state index is 0.246. The van der Waals surface area contributed by atoms with E-state index in [9.17, 15) is 9.59 Å². The van der Waals surface area contributed by atoms with Crippen molar-refractivity contribution in [3.8, 4) is 0 Å². The van der Waals surface area contributed by atoms with Crippen LogP contribution < -0.4 is 5.32 Å². The quantitative estimate of drug-likeness (QED) is 0.556. The number of nitrogens with one attached hydrogen (secondary N) is 1. The Kier molecular flexibility index (Phi) is 7.32. The Morgan fingerprint density at radius 2 is 2.00 bits per heavy atom. The molecule has 7 nitrogen and oxygen atoms in total. The molecule has 0 aromatic rings. The minimum atomic E-state index is -0.983. The fraction of sp³-hybridized carbons (Fsp3) is 0.846. The van der Waals surface area contributed by atoms with Gasteiger partial charge < -0.3 is 25.0 Å². The lowest BCUT2D eigenvalue weighted by Gasteiger charge is -2.21. The molecule has 0 aromatic heterocycles. The van der Waals surface area contributed by atoms with Gasteiger partial charge in [0.25, 0.3) is 0 Å². The van der Waals surface area contributed by atoms with Crippen molar-refractivity contribution in [2.75, 3.05) is 53.5 Å². The molecule has 1 fully saturated rings. The molecule has 0 atom stereocenters. The molecule has 0 spiro atoms. The fourth-order valence-electron chi connectivity index (χ4n) is 1.69. The lowest BCUT2D eigenvalue weighted by atomic mass is 10.3. The minimum Gasteiger partial charge on any atom is -0.480 e. The number of carboxylic acids is 1. The van der Waals surface area contributed by atoms with Crippen LogP contribution in [0.25, 0.3) is 0 Å². The van der Waals surface area contributed by atoms with E-state index in [-0.39, 0.29) is 12.6 Å². The van der Waals surface area contributed by atoms with E-state index in [2.05, 4.69) is 5.32 Å². The maximum atomic E-state index is 11.9. The highest BCUT2D eigenvalue weighted by molar-refractivity contribution is 5.80. The van der Waals surface area contributed by atoms with Crippen molar-refractivity contribution in [1.82, 2.24) is 15.1 Å². The van der Waals surface area contributed by atoms with E-state index in [0.717, 1.165) is 19.4 Å². The van der Waals surface area contributed by atoms with Gasteiger partial charge in [0.2, 0.25) is 0 Å². The van der Waals surface area contributed by atoms with Crippen LogP contribution in [-0.2, 0) is 9.53 Å². The number of nitrogens with zero attached hydrogens (tertiary/aromatic N) is 2. The molecule has 0 unspecified atom stereocenters. The highest BCUT2D eigenvalue weighted by Gasteiger charge is 2.27. The maximum Gasteiger partial charge on any atom is 0.323 e. The number of amides is 2. The maximum absolute atomic E-state index is 11.9. The highest BCUT2D eigenvalue weighted by Crippen LogP contribution is 2.29. The molecule has 20 heavy (non-hydrogen) atoms. The molecule has 0 bridgehead atoms. The van der Waals surface area contributed by atoms with E-state index in [1.165, 1.54) is 4.90 Å². The summed E-state index contributed by atoms with van der Waals surface area (Å²) in [6.07, 6.45) is 2.16. The number of hydrogen-bond acceptors (Lipinski definition) is 4. The second-order valence-corrected chi connectivity index (χ2v) is 5.37. The molecule has 0 saturated heterocycles. The third kappa shape index (κ3) is 7.96. The van der Waals surface area contributed by atoms with Gasteiger partial charge in [-0.25, -0.2) is 4.79 Å². The molecule has 2 amide bonds. The average Bonchev–Trinajstić information content (AvgIpc) is 3.15. The summed E-state index contributed by atoms with van der Waals surface area (Å²) in [5.41, 5.74) is 0. The molecular weight excluding hydrogens is 262 g/mol. The molecule has 1 rings (SSSR count). The van der Waals surface area contributed by atoms with Crippen LogP contribution in [-0.4, -0.2) is 80.4 Å². The second-order valence-electron chi connectivity index (χ2n) is 5.37. The smallest absolute Gasteiger partial charge is 0.323 e. The molecule has 2 N–H and O–H groups in total. The zero-order valence-electron chi connectivity index (χ0n) is 12.3. The Morgan fingerprint density at radius 3 is 2.55 bits per heavy atom. The third-order valence-corrected chi connectivity index (χ3v) is 2.99. The Balaban J connectivity index is 2.15. The number of hydrogen-bond donors (Lipinski definition) is 2. The summed E-state index contributed by atoms with van der Waals surface area (Å²) in [5.74, 6) is -0.514. The number of ether oxygens (including phenoxy) is 1. The van der Waals surface area contributed by atoms with Crippen molar-refractivity contribution in [3.05, 3.63) is 0 Å². The van der Waals surface area contributed by atoms with Crippen LogP contribution in [0.3, 0.4) is 0 Å². The highest BCUT2D eigenvalue weighted by atomic mass is 16.5. The van der Waals surface area contributed by atoms with Gasteiger partial charge in [-0.05, 0) is 32.9 Å². The van der Waals surface area contributed by atoms with E-state index in [4.69, 9.17) is 9.84 Å². The summed E-state index contributed by atoms with van der Waals surface area (Å²) < 4.78 is 5.36. The average molecular weight is 287 g/mol.